The molecular weight excluding hydrogens is 160 g/mol. The SMILES string of the molecule is CC=Nc1cccc2cccnc12. The lowest BCUT2D eigenvalue weighted by Crippen LogP contribution is -1.77. The van der Waals surface area contributed by atoms with Crippen molar-refractivity contribution < 1.29 is 0 Å². The summed E-state index contributed by atoms with van der Waals surface area (Å²) in [7, 11) is 0. The van der Waals surface area contributed by atoms with Crippen LogP contribution in [0.25, 0.3) is 10.9 Å². The number of nitrogens with zero attached hydrogens (tertiary/aromatic N) is 2. The van der Waals surface area contributed by atoms with Gasteiger partial charge in [0.05, 0.1) is 11.2 Å². The molecule has 13 heavy (non-hydrogen) atoms. The molecule has 0 bridgehead atoms. The quantitative estimate of drug-likeness (QED) is 0.604. The van der Waals surface area contributed by atoms with Gasteiger partial charge in [0.1, 0.15) is 0 Å². The maximum atomic E-state index is 4.29. The van der Waals surface area contributed by atoms with Gasteiger partial charge < -0.3 is 0 Å². The second kappa shape index (κ2) is 3.35. The van der Waals surface area contributed by atoms with Crippen molar-refractivity contribution in [3.05, 3.63) is 36.5 Å². The van der Waals surface area contributed by atoms with Gasteiger partial charge >= 0.3 is 0 Å². The molecule has 0 radical (unpaired) electrons. The Balaban J connectivity index is 2.75. The second-order valence-electron chi connectivity index (χ2n) is 2.74. The second-order valence-corrected chi connectivity index (χ2v) is 2.74. The van der Waals surface area contributed by atoms with Gasteiger partial charge in [0, 0.05) is 17.8 Å². The van der Waals surface area contributed by atoms with Crippen molar-refractivity contribution in [2.75, 3.05) is 0 Å². The molecule has 0 unspecified atom stereocenters. The van der Waals surface area contributed by atoms with E-state index in [0.717, 1.165) is 16.6 Å². The van der Waals surface area contributed by atoms with Crippen LogP contribution in [0.4, 0.5) is 5.69 Å². The Labute approximate surface area is 77.0 Å². The predicted octanol–water partition coefficient (Wildman–Crippen LogP) is 2.96. The van der Waals surface area contributed by atoms with E-state index in [0.29, 0.717) is 0 Å². The highest BCUT2D eigenvalue weighted by molar-refractivity contribution is 5.89. The number of fused-ring (bicyclic) bond motifs is 1. The molecule has 2 nitrogen and oxygen atoms in total. The molecule has 2 rings (SSSR count). The summed E-state index contributed by atoms with van der Waals surface area (Å²) in [6.45, 7) is 1.90. The predicted molar refractivity (Wildman–Crippen MR) is 55.6 cm³/mol. The van der Waals surface area contributed by atoms with Crippen molar-refractivity contribution in [2.24, 2.45) is 4.99 Å². The van der Waals surface area contributed by atoms with Crippen LogP contribution in [-0.2, 0) is 0 Å². The summed E-state index contributed by atoms with van der Waals surface area (Å²) in [4.78, 5) is 8.53. The van der Waals surface area contributed by atoms with Crippen molar-refractivity contribution >= 4 is 22.8 Å². The number of aliphatic imine (C=N–C) groups is 1. The molecule has 0 aliphatic heterocycles. The Hall–Kier alpha value is -1.70. The molecule has 0 saturated carbocycles. The summed E-state index contributed by atoms with van der Waals surface area (Å²) in [6, 6.07) is 9.97. The van der Waals surface area contributed by atoms with E-state index in [9.17, 15) is 0 Å². The van der Waals surface area contributed by atoms with Crippen molar-refractivity contribution in [1.29, 1.82) is 0 Å². The average Bonchev–Trinajstić information content (AvgIpc) is 2.19. The van der Waals surface area contributed by atoms with E-state index >= 15 is 0 Å². The average molecular weight is 170 g/mol. The summed E-state index contributed by atoms with van der Waals surface area (Å²) in [6.07, 6.45) is 3.57. The molecule has 0 saturated heterocycles. The third-order valence-corrected chi connectivity index (χ3v) is 1.88. The van der Waals surface area contributed by atoms with E-state index < -0.39 is 0 Å². The van der Waals surface area contributed by atoms with Gasteiger partial charge in [0.2, 0.25) is 0 Å². The van der Waals surface area contributed by atoms with E-state index in [4.69, 9.17) is 0 Å². The molecule has 1 aromatic heterocycles. The van der Waals surface area contributed by atoms with Crippen LogP contribution in [0.1, 0.15) is 6.92 Å². The topological polar surface area (TPSA) is 25.2 Å². The Morgan fingerprint density at radius 1 is 1.23 bits per heavy atom. The van der Waals surface area contributed by atoms with Crippen LogP contribution in [0.5, 0.6) is 0 Å². The fourth-order valence-corrected chi connectivity index (χ4v) is 1.33. The van der Waals surface area contributed by atoms with Gasteiger partial charge in [-0.15, -0.1) is 0 Å². The molecular formula is C11H10N2. The van der Waals surface area contributed by atoms with Crippen LogP contribution in [0.2, 0.25) is 0 Å². The summed E-state index contributed by atoms with van der Waals surface area (Å²) >= 11 is 0. The van der Waals surface area contributed by atoms with Gasteiger partial charge in [-0.1, -0.05) is 18.2 Å². The van der Waals surface area contributed by atoms with Crippen LogP contribution in [0.3, 0.4) is 0 Å². The highest BCUT2D eigenvalue weighted by Gasteiger charge is 1.97. The van der Waals surface area contributed by atoms with Gasteiger partial charge in [0.25, 0.3) is 0 Å². The van der Waals surface area contributed by atoms with Crippen molar-refractivity contribution in [3.63, 3.8) is 0 Å². The Kier molecular flexibility index (Phi) is 2.04. The zero-order chi connectivity index (χ0) is 9.10. The Morgan fingerprint density at radius 2 is 2.08 bits per heavy atom. The summed E-state index contributed by atoms with van der Waals surface area (Å²) in [5.41, 5.74) is 1.89. The molecule has 0 N–H and O–H groups in total. The van der Waals surface area contributed by atoms with Crippen molar-refractivity contribution in [2.45, 2.75) is 6.92 Å². The zero-order valence-electron chi connectivity index (χ0n) is 7.44. The van der Waals surface area contributed by atoms with E-state index in [-0.39, 0.29) is 0 Å². The molecule has 0 atom stereocenters. The minimum absolute atomic E-state index is 0.931. The lowest BCUT2D eigenvalue weighted by Gasteiger charge is -1.98. The fraction of sp³-hybridized carbons (Fsp3) is 0.0909. The third kappa shape index (κ3) is 1.43. The highest BCUT2D eigenvalue weighted by atomic mass is 14.8. The first-order valence-corrected chi connectivity index (χ1v) is 4.24. The highest BCUT2D eigenvalue weighted by Crippen LogP contribution is 2.22. The summed E-state index contributed by atoms with van der Waals surface area (Å²) in [5.74, 6) is 0. The summed E-state index contributed by atoms with van der Waals surface area (Å²) in [5, 5.41) is 1.13. The van der Waals surface area contributed by atoms with Gasteiger partial charge in [-0.2, -0.15) is 0 Å². The minimum Gasteiger partial charge on any atom is -0.259 e. The largest absolute Gasteiger partial charge is 0.259 e. The number of aromatic nitrogens is 1. The smallest absolute Gasteiger partial charge is 0.0958 e. The molecule has 0 spiro atoms. The number of hydrogen-bond donors (Lipinski definition) is 0. The third-order valence-electron chi connectivity index (χ3n) is 1.88. The summed E-state index contributed by atoms with van der Waals surface area (Å²) < 4.78 is 0. The van der Waals surface area contributed by atoms with E-state index in [2.05, 4.69) is 9.98 Å². The van der Waals surface area contributed by atoms with Crippen LogP contribution in [0, 0.1) is 0 Å². The molecule has 1 heterocycles. The van der Waals surface area contributed by atoms with E-state index in [1.807, 2.05) is 37.3 Å². The van der Waals surface area contributed by atoms with E-state index in [1.54, 1.807) is 12.4 Å². The van der Waals surface area contributed by atoms with Gasteiger partial charge in [0.15, 0.2) is 0 Å². The minimum atomic E-state index is 0.931. The monoisotopic (exact) mass is 170 g/mol. The van der Waals surface area contributed by atoms with Crippen LogP contribution >= 0.6 is 0 Å². The van der Waals surface area contributed by atoms with Crippen LogP contribution < -0.4 is 0 Å². The number of pyridine rings is 1. The van der Waals surface area contributed by atoms with Crippen LogP contribution in [0.15, 0.2) is 41.5 Å². The van der Waals surface area contributed by atoms with E-state index in [1.165, 1.54) is 0 Å². The maximum Gasteiger partial charge on any atom is 0.0958 e. The molecule has 2 aromatic rings. The molecule has 64 valence electrons. The lowest BCUT2D eigenvalue weighted by molar-refractivity contribution is 1.39. The molecule has 0 fully saturated rings. The molecule has 0 amide bonds. The first-order valence-electron chi connectivity index (χ1n) is 4.24. The molecule has 0 aliphatic rings. The van der Waals surface area contributed by atoms with Crippen molar-refractivity contribution in [1.82, 2.24) is 4.98 Å². The zero-order valence-corrected chi connectivity index (χ0v) is 7.44. The first kappa shape index (κ1) is 7.92. The molecule has 2 heteroatoms. The Morgan fingerprint density at radius 3 is 2.92 bits per heavy atom. The number of hydrogen-bond acceptors (Lipinski definition) is 2. The maximum absolute atomic E-state index is 4.29. The normalized spacial score (nSPS) is 11.2. The fourth-order valence-electron chi connectivity index (χ4n) is 1.33. The lowest BCUT2D eigenvalue weighted by atomic mass is 10.2. The standard InChI is InChI=1S/C11H10N2/c1-2-12-10-7-3-5-9-6-4-8-13-11(9)10/h2-8H,1H3. The van der Waals surface area contributed by atoms with Crippen LogP contribution in [-0.4, -0.2) is 11.2 Å². The first-order chi connectivity index (χ1) is 6.42. The molecule has 1 aromatic carbocycles. The number of benzene rings is 1. The molecule has 0 aliphatic carbocycles. The van der Waals surface area contributed by atoms with Gasteiger partial charge in [-0.3, -0.25) is 9.98 Å². The Bertz CT molecular complexity index is 441. The van der Waals surface area contributed by atoms with Gasteiger partial charge in [-0.05, 0) is 19.1 Å². The number of rotatable bonds is 1. The van der Waals surface area contributed by atoms with Crippen molar-refractivity contribution in [3.8, 4) is 0 Å². The van der Waals surface area contributed by atoms with Gasteiger partial charge in [-0.25, -0.2) is 0 Å². The number of para-hydroxylation sites is 1.